The minimum absolute atomic E-state index is 0.0418. The van der Waals surface area contributed by atoms with Gasteiger partial charge >= 0.3 is 0 Å². The first-order valence-electron chi connectivity index (χ1n) is 8.43. The van der Waals surface area contributed by atoms with Crippen LogP contribution in [0.5, 0.6) is 0 Å². The van der Waals surface area contributed by atoms with Gasteiger partial charge in [0.25, 0.3) is 0 Å². The van der Waals surface area contributed by atoms with Crippen LogP contribution in [0.2, 0.25) is 0 Å². The first-order chi connectivity index (χ1) is 11.4. The van der Waals surface area contributed by atoms with Crippen LogP contribution in [0.15, 0.2) is 29.2 Å². The van der Waals surface area contributed by atoms with Gasteiger partial charge in [-0.05, 0) is 29.5 Å². The fourth-order valence-electron chi connectivity index (χ4n) is 2.30. The molecule has 0 aliphatic heterocycles. The number of benzene rings is 1. The molecule has 0 aliphatic rings. The zero-order chi connectivity index (χ0) is 19.3. The molecular weight excluding hydrogens is 360 g/mol. The molecule has 0 aromatic heterocycles. The van der Waals surface area contributed by atoms with Crippen molar-refractivity contribution < 1.29 is 16.8 Å². The fraction of sp³-hybridized carbons (Fsp3) is 0.647. The lowest BCUT2D eigenvalue weighted by atomic mass is 9.87. The van der Waals surface area contributed by atoms with Crippen molar-refractivity contribution in [3.05, 3.63) is 29.8 Å². The molecule has 0 saturated heterocycles. The second kappa shape index (κ2) is 8.62. The summed E-state index contributed by atoms with van der Waals surface area (Å²) in [5.74, 6) is 0. The van der Waals surface area contributed by atoms with E-state index in [-0.39, 0.29) is 23.4 Å². The molecule has 0 atom stereocenters. The summed E-state index contributed by atoms with van der Waals surface area (Å²) in [7, 11) is -7.00. The van der Waals surface area contributed by atoms with E-state index in [1.54, 1.807) is 24.3 Å². The average Bonchev–Trinajstić information content (AvgIpc) is 2.48. The fourth-order valence-corrected chi connectivity index (χ4v) is 4.20. The SMILES string of the molecule is CCCCN(CCNS(=O)(=O)c1ccc(C(C)(C)C)cc1)S(C)(=O)=O. The van der Waals surface area contributed by atoms with E-state index < -0.39 is 20.0 Å². The van der Waals surface area contributed by atoms with Gasteiger partial charge in [0.05, 0.1) is 11.2 Å². The minimum Gasteiger partial charge on any atom is -0.213 e. The summed E-state index contributed by atoms with van der Waals surface area (Å²) in [6.45, 7) is 8.72. The molecule has 25 heavy (non-hydrogen) atoms. The van der Waals surface area contributed by atoms with E-state index in [2.05, 4.69) is 25.5 Å². The monoisotopic (exact) mass is 390 g/mol. The molecule has 0 heterocycles. The Labute approximate surface area is 152 Å². The molecule has 1 N–H and O–H groups in total. The summed E-state index contributed by atoms with van der Waals surface area (Å²) in [4.78, 5) is 0.181. The van der Waals surface area contributed by atoms with Crippen LogP contribution in [0.1, 0.15) is 46.1 Å². The number of rotatable bonds is 9. The lowest BCUT2D eigenvalue weighted by Crippen LogP contribution is -2.38. The highest BCUT2D eigenvalue weighted by Crippen LogP contribution is 2.23. The topological polar surface area (TPSA) is 83.6 Å². The van der Waals surface area contributed by atoms with Crippen LogP contribution in [-0.2, 0) is 25.5 Å². The van der Waals surface area contributed by atoms with Crippen LogP contribution in [0.25, 0.3) is 0 Å². The first kappa shape index (κ1) is 22.1. The van der Waals surface area contributed by atoms with Crippen molar-refractivity contribution in [2.45, 2.75) is 50.8 Å². The quantitative estimate of drug-likeness (QED) is 0.701. The molecule has 0 saturated carbocycles. The minimum atomic E-state index is -3.66. The van der Waals surface area contributed by atoms with Crippen molar-refractivity contribution in [3.63, 3.8) is 0 Å². The van der Waals surface area contributed by atoms with Crippen LogP contribution < -0.4 is 4.72 Å². The van der Waals surface area contributed by atoms with Crippen LogP contribution in [-0.4, -0.2) is 47.0 Å². The van der Waals surface area contributed by atoms with E-state index in [0.29, 0.717) is 6.54 Å². The van der Waals surface area contributed by atoms with Crippen molar-refractivity contribution >= 4 is 20.0 Å². The molecule has 0 radical (unpaired) electrons. The Kier molecular flexibility index (Phi) is 7.61. The lowest BCUT2D eigenvalue weighted by molar-refractivity contribution is 0.408. The van der Waals surface area contributed by atoms with Gasteiger partial charge in [-0.15, -0.1) is 0 Å². The Balaban J connectivity index is 2.75. The maximum Gasteiger partial charge on any atom is 0.240 e. The standard InChI is InChI=1S/C17H30N2O4S2/c1-6-7-13-19(24(5,20)21)14-12-18-25(22,23)16-10-8-15(9-11-16)17(2,3)4/h8-11,18H,6-7,12-14H2,1-5H3. The highest BCUT2D eigenvalue weighted by atomic mass is 32.2. The Hall–Kier alpha value is -0.960. The molecule has 0 fully saturated rings. The first-order valence-corrected chi connectivity index (χ1v) is 11.8. The van der Waals surface area contributed by atoms with Crippen LogP contribution in [0.4, 0.5) is 0 Å². The van der Waals surface area contributed by atoms with Crippen molar-refractivity contribution in [2.24, 2.45) is 0 Å². The number of nitrogens with one attached hydrogen (secondary N) is 1. The molecule has 144 valence electrons. The predicted octanol–water partition coefficient (Wildman–Crippen LogP) is 2.32. The number of unbranched alkanes of at least 4 members (excludes halogenated alkanes) is 1. The summed E-state index contributed by atoms with van der Waals surface area (Å²) in [6.07, 6.45) is 2.76. The van der Waals surface area contributed by atoms with E-state index in [1.165, 1.54) is 4.31 Å². The molecule has 0 aliphatic carbocycles. The smallest absolute Gasteiger partial charge is 0.213 e. The number of hydrogen-bond acceptors (Lipinski definition) is 4. The van der Waals surface area contributed by atoms with Gasteiger partial charge in [-0.3, -0.25) is 0 Å². The molecule has 0 amide bonds. The summed E-state index contributed by atoms with van der Waals surface area (Å²) >= 11 is 0. The van der Waals surface area contributed by atoms with Crippen LogP contribution >= 0.6 is 0 Å². The Morgan fingerprint density at radius 1 is 1.00 bits per heavy atom. The van der Waals surface area contributed by atoms with E-state index in [0.717, 1.165) is 24.7 Å². The highest BCUT2D eigenvalue weighted by Gasteiger charge is 2.19. The summed E-state index contributed by atoms with van der Waals surface area (Å²) in [6, 6.07) is 6.76. The van der Waals surface area contributed by atoms with E-state index in [1.807, 2.05) is 6.92 Å². The Bertz CT molecular complexity index is 749. The Morgan fingerprint density at radius 3 is 2.00 bits per heavy atom. The molecule has 6 nitrogen and oxygen atoms in total. The van der Waals surface area contributed by atoms with Gasteiger partial charge in [0.1, 0.15) is 0 Å². The third-order valence-corrected chi connectivity index (χ3v) is 6.69. The second-order valence-electron chi connectivity index (χ2n) is 7.19. The van der Waals surface area contributed by atoms with E-state index >= 15 is 0 Å². The molecule has 0 bridgehead atoms. The zero-order valence-corrected chi connectivity index (χ0v) is 17.4. The third kappa shape index (κ3) is 7.05. The van der Waals surface area contributed by atoms with Gasteiger partial charge in [0, 0.05) is 19.6 Å². The third-order valence-electron chi connectivity index (χ3n) is 3.91. The predicted molar refractivity (Wildman–Crippen MR) is 102 cm³/mol. The van der Waals surface area contributed by atoms with Crippen LogP contribution in [0.3, 0.4) is 0 Å². The van der Waals surface area contributed by atoms with Gasteiger partial charge in [-0.2, -0.15) is 0 Å². The highest BCUT2D eigenvalue weighted by molar-refractivity contribution is 7.89. The van der Waals surface area contributed by atoms with Gasteiger partial charge in [0.15, 0.2) is 0 Å². The largest absolute Gasteiger partial charge is 0.240 e. The normalized spacial score (nSPS) is 13.4. The van der Waals surface area contributed by atoms with Gasteiger partial charge in [-0.1, -0.05) is 46.2 Å². The molecular formula is C17H30N2O4S2. The second-order valence-corrected chi connectivity index (χ2v) is 10.9. The van der Waals surface area contributed by atoms with Gasteiger partial charge in [0.2, 0.25) is 20.0 Å². The van der Waals surface area contributed by atoms with Crippen molar-refractivity contribution in [1.82, 2.24) is 9.03 Å². The van der Waals surface area contributed by atoms with Crippen molar-refractivity contribution in [3.8, 4) is 0 Å². The van der Waals surface area contributed by atoms with Crippen molar-refractivity contribution in [2.75, 3.05) is 25.9 Å². The number of nitrogens with zero attached hydrogens (tertiary/aromatic N) is 1. The molecule has 0 unspecified atom stereocenters. The molecule has 0 spiro atoms. The summed E-state index contributed by atoms with van der Waals surface area (Å²) < 4.78 is 52.0. The molecule has 1 rings (SSSR count). The van der Waals surface area contributed by atoms with E-state index in [9.17, 15) is 16.8 Å². The average molecular weight is 391 g/mol. The van der Waals surface area contributed by atoms with E-state index in [4.69, 9.17) is 0 Å². The maximum atomic E-state index is 12.4. The van der Waals surface area contributed by atoms with Gasteiger partial charge < -0.3 is 0 Å². The summed E-state index contributed by atoms with van der Waals surface area (Å²) in [5, 5.41) is 0. The summed E-state index contributed by atoms with van der Waals surface area (Å²) in [5.41, 5.74) is 1.000. The lowest BCUT2D eigenvalue weighted by Gasteiger charge is -2.20. The molecule has 1 aromatic rings. The van der Waals surface area contributed by atoms with Crippen LogP contribution in [0, 0.1) is 0 Å². The number of hydrogen-bond donors (Lipinski definition) is 1. The van der Waals surface area contributed by atoms with Gasteiger partial charge in [-0.25, -0.2) is 25.9 Å². The molecule has 1 aromatic carbocycles. The number of sulfonamides is 2. The van der Waals surface area contributed by atoms with Crippen molar-refractivity contribution in [1.29, 1.82) is 0 Å². The molecule has 8 heteroatoms. The zero-order valence-electron chi connectivity index (χ0n) is 15.7. The Morgan fingerprint density at radius 2 is 1.56 bits per heavy atom. The maximum absolute atomic E-state index is 12.4.